The average Bonchev–Trinajstić information content (AvgIpc) is 2.53. The maximum absolute atomic E-state index is 12.3. The Balaban J connectivity index is 2.14. The summed E-state index contributed by atoms with van der Waals surface area (Å²) in [6, 6.07) is 5.08. The molecule has 2 rings (SSSR count). The fourth-order valence-corrected chi connectivity index (χ4v) is 3.90. The second kappa shape index (κ2) is 7.31. The van der Waals surface area contributed by atoms with Crippen LogP contribution >= 0.6 is 0 Å². The lowest BCUT2D eigenvalue weighted by molar-refractivity contribution is -0.140. The van der Waals surface area contributed by atoms with Gasteiger partial charge in [0.1, 0.15) is 11.8 Å². The van der Waals surface area contributed by atoms with Gasteiger partial charge in [-0.1, -0.05) is 13.8 Å². The average molecular weight is 354 g/mol. The van der Waals surface area contributed by atoms with Crippen molar-refractivity contribution in [3.8, 4) is 0 Å². The summed E-state index contributed by atoms with van der Waals surface area (Å²) in [5, 5.41) is 9.13. The van der Waals surface area contributed by atoms with Gasteiger partial charge in [0.05, 0.1) is 4.90 Å². The van der Waals surface area contributed by atoms with Gasteiger partial charge in [0.25, 0.3) is 0 Å². The van der Waals surface area contributed by atoms with Crippen molar-refractivity contribution in [1.29, 1.82) is 0 Å². The number of aliphatic carboxylic acids is 1. The summed E-state index contributed by atoms with van der Waals surface area (Å²) in [5.41, 5.74) is 0.847. The number of rotatable bonds is 6. The number of Topliss-reactive ketones (excluding diaryl/α,β-unsaturated/α-hetero) is 1. The fraction of sp³-hybridized carbons (Fsp3) is 0.500. The molecule has 0 aromatic heterocycles. The van der Waals surface area contributed by atoms with Crippen molar-refractivity contribution >= 4 is 27.5 Å². The van der Waals surface area contributed by atoms with E-state index in [0.717, 1.165) is 5.69 Å². The third-order valence-corrected chi connectivity index (χ3v) is 5.51. The van der Waals surface area contributed by atoms with E-state index in [4.69, 9.17) is 5.11 Å². The van der Waals surface area contributed by atoms with Crippen molar-refractivity contribution in [2.75, 3.05) is 18.0 Å². The van der Waals surface area contributed by atoms with Crippen LogP contribution in [-0.2, 0) is 19.6 Å². The van der Waals surface area contributed by atoms with Crippen molar-refractivity contribution in [3.05, 3.63) is 24.3 Å². The Bertz CT molecular complexity index is 702. The van der Waals surface area contributed by atoms with Crippen LogP contribution in [0.25, 0.3) is 0 Å². The normalized spacial score (nSPS) is 17.1. The molecule has 0 unspecified atom stereocenters. The molecule has 1 heterocycles. The summed E-state index contributed by atoms with van der Waals surface area (Å²) < 4.78 is 26.9. The number of ketones is 1. The molecule has 1 saturated heterocycles. The first kappa shape index (κ1) is 18.4. The number of carboxylic acids is 1. The molecule has 24 heavy (non-hydrogen) atoms. The number of nitrogens with zero attached hydrogens (tertiary/aromatic N) is 1. The second-order valence-corrected chi connectivity index (χ2v) is 7.91. The van der Waals surface area contributed by atoms with Crippen LogP contribution in [0.4, 0.5) is 5.69 Å². The Kier molecular flexibility index (Phi) is 5.61. The van der Waals surface area contributed by atoms with Crippen molar-refractivity contribution in [1.82, 2.24) is 4.72 Å². The number of hydrogen-bond acceptors (Lipinski definition) is 5. The molecule has 0 amide bonds. The first-order valence-electron chi connectivity index (χ1n) is 7.82. The molecule has 1 aromatic rings. The summed E-state index contributed by atoms with van der Waals surface area (Å²) in [7, 11) is -3.91. The largest absolute Gasteiger partial charge is 0.480 e. The van der Waals surface area contributed by atoms with Gasteiger partial charge in [0.15, 0.2) is 0 Å². The topological polar surface area (TPSA) is 104 Å². The van der Waals surface area contributed by atoms with Crippen LogP contribution in [0.2, 0.25) is 0 Å². The maximum atomic E-state index is 12.3. The molecule has 0 radical (unpaired) electrons. The highest BCUT2D eigenvalue weighted by Crippen LogP contribution is 2.21. The van der Waals surface area contributed by atoms with Gasteiger partial charge in [-0.3, -0.25) is 9.59 Å². The number of carboxylic acid groups (broad SMARTS) is 1. The number of sulfonamides is 1. The lowest BCUT2D eigenvalue weighted by Crippen LogP contribution is -2.44. The number of hydrogen-bond donors (Lipinski definition) is 2. The third-order valence-electron chi connectivity index (χ3n) is 4.05. The molecular formula is C16H22N2O5S. The van der Waals surface area contributed by atoms with Gasteiger partial charge in [-0.2, -0.15) is 4.72 Å². The third kappa shape index (κ3) is 4.33. The van der Waals surface area contributed by atoms with Crippen molar-refractivity contribution in [2.24, 2.45) is 5.92 Å². The maximum Gasteiger partial charge on any atom is 0.322 e. The van der Waals surface area contributed by atoms with E-state index < -0.39 is 22.0 Å². The SMILES string of the molecule is CC(C)[C@H](NS(=O)(=O)c1ccc(N2CCC(=O)CC2)cc1)C(=O)O. The number of anilines is 1. The van der Waals surface area contributed by atoms with E-state index in [9.17, 15) is 18.0 Å². The predicted octanol–water partition coefficient (Wildman–Crippen LogP) is 1.24. The van der Waals surface area contributed by atoms with Crippen molar-refractivity contribution in [3.63, 3.8) is 0 Å². The minimum absolute atomic E-state index is 0.0197. The Labute approximate surface area is 141 Å². The van der Waals surface area contributed by atoms with E-state index in [-0.39, 0.29) is 16.6 Å². The summed E-state index contributed by atoms with van der Waals surface area (Å²) in [5.74, 6) is -1.34. The number of carbonyl (C=O) groups is 2. The monoisotopic (exact) mass is 354 g/mol. The van der Waals surface area contributed by atoms with Crippen LogP contribution in [0.15, 0.2) is 29.2 Å². The van der Waals surface area contributed by atoms with Gasteiger partial charge in [-0.25, -0.2) is 8.42 Å². The zero-order valence-corrected chi connectivity index (χ0v) is 14.5. The summed E-state index contributed by atoms with van der Waals surface area (Å²) in [6.45, 7) is 4.53. The molecule has 1 aliphatic heterocycles. The highest BCUT2D eigenvalue weighted by Gasteiger charge is 2.28. The Morgan fingerprint density at radius 1 is 1.17 bits per heavy atom. The van der Waals surface area contributed by atoms with Crippen molar-refractivity contribution in [2.45, 2.75) is 37.6 Å². The molecule has 1 atom stereocenters. The van der Waals surface area contributed by atoms with Crippen LogP contribution in [0.5, 0.6) is 0 Å². The number of carbonyl (C=O) groups excluding carboxylic acids is 1. The Morgan fingerprint density at radius 2 is 1.71 bits per heavy atom. The van der Waals surface area contributed by atoms with Crippen LogP contribution in [0, 0.1) is 5.92 Å². The van der Waals surface area contributed by atoms with Gasteiger partial charge in [-0.15, -0.1) is 0 Å². The number of piperidine rings is 1. The Morgan fingerprint density at radius 3 is 2.17 bits per heavy atom. The van der Waals surface area contributed by atoms with Gasteiger partial charge in [0.2, 0.25) is 10.0 Å². The molecule has 1 aliphatic rings. The number of benzene rings is 1. The van der Waals surface area contributed by atoms with E-state index in [2.05, 4.69) is 4.72 Å². The molecule has 0 aliphatic carbocycles. The summed E-state index contributed by atoms with van der Waals surface area (Å²) in [4.78, 5) is 24.5. The minimum atomic E-state index is -3.91. The predicted molar refractivity (Wildman–Crippen MR) is 89.5 cm³/mol. The summed E-state index contributed by atoms with van der Waals surface area (Å²) in [6.07, 6.45) is 0.993. The minimum Gasteiger partial charge on any atom is -0.480 e. The smallest absolute Gasteiger partial charge is 0.322 e. The lowest BCUT2D eigenvalue weighted by Gasteiger charge is -2.28. The number of nitrogens with one attached hydrogen (secondary N) is 1. The van der Waals surface area contributed by atoms with Crippen LogP contribution in [0.1, 0.15) is 26.7 Å². The lowest BCUT2D eigenvalue weighted by atomic mass is 10.1. The van der Waals surface area contributed by atoms with Crippen LogP contribution < -0.4 is 9.62 Å². The molecule has 1 fully saturated rings. The first-order chi connectivity index (χ1) is 11.2. The molecule has 0 saturated carbocycles. The molecular weight excluding hydrogens is 332 g/mol. The molecule has 2 N–H and O–H groups in total. The van der Waals surface area contributed by atoms with E-state index in [1.54, 1.807) is 26.0 Å². The highest BCUT2D eigenvalue weighted by molar-refractivity contribution is 7.89. The van der Waals surface area contributed by atoms with E-state index in [0.29, 0.717) is 25.9 Å². The van der Waals surface area contributed by atoms with E-state index in [1.807, 2.05) is 4.90 Å². The Hall–Kier alpha value is -1.93. The highest BCUT2D eigenvalue weighted by atomic mass is 32.2. The molecule has 7 nitrogen and oxygen atoms in total. The standard InChI is InChI=1S/C16H22N2O5S/c1-11(2)15(16(20)21)17-24(22,23)14-5-3-12(4-6-14)18-9-7-13(19)8-10-18/h3-6,11,15,17H,7-10H2,1-2H3,(H,20,21)/t15-/m0/s1. The molecule has 1 aromatic carbocycles. The van der Waals surface area contributed by atoms with Gasteiger partial charge in [-0.05, 0) is 30.2 Å². The van der Waals surface area contributed by atoms with Gasteiger partial charge in [0, 0.05) is 31.6 Å². The molecule has 0 bridgehead atoms. The zero-order valence-electron chi connectivity index (χ0n) is 13.7. The molecule has 0 spiro atoms. The first-order valence-corrected chi connectivity index (χ1v) is 9.31. The van der Waals surface area contributed by atoms with E-state index >= 15 is 0 Å². The van der Waals surface area contributed by atoms with Crippen LogP contribution in [0.3, 0.4) is 0 Å². The molecule has 8 heteroatoms. The van der Waals surface area contributed by atoms with Gasteiger partial charge >= 0.3 is 5.97 Å². The zero-order chi connectivity index (χ0) is 17.9. The van der Waals surface area contributed by atoms with Crippen LogP contribution in [-0.4, -0.2) is 44.4 Å². The van der Waals surface area contributed by atoms with E-state index in [1.165, 1.54) is 12.1 Å². The fourth-order valence-electron chi connectivity index (χ4n) is 2.56. The summed E-state index contributed by atoms with van der Waals surface area (Å²) >= 11 is 0. The second-order valence-electron chi connectivity index (χ2n) is 6.20. The van der Waals surface area contributed by atoms with Gasteiger partial charge < -0.3 is 10.0 Å². The molecule has 132 valence electrons. The quantitative estimate of drug-likeness (QED) is 0.797. The van der Waals surface area contributed by atoms with Crippen molar-refractivity contribution < 1.29 is 23.1 Å².